The number of benzene rings is 2. The third-order valence-corrected chi connectivity index (χ3v) is 4.14. The highest BCUT2D eigenvalue weighted by atomic mass is 79.9. The minimum Gasteiger partial charge on any atom is -0.497 e. The van der Waals surface area contributed by atoms with Crippen LogP contribution in [0.4, 0.5) is 5.69 Å². The lowest BCUT2D eigenvalue weighted by Gasteiger charge is -2.18. The molecule has 0 heterocycles. The molecule has 0 aliphatic heterocycles. The van der Waals surface area contributed by atoms with E-state index in [2.05, 4.69) is 15.9 Å². The van der Waals surface area contributed by atoms with Gasteiger partial charge in [0.1, 0.15) is 5.75 Å². The number of methoxy groups -OCH3 is 1. The molecule has 0 spiro atoms. The maximum atomic E-state index is 12.4. The van der Waals surface area contributed by atoms with Crippen LogP contribution in [0.5, 0.6) is 5.75 Å². The Morgan fingerprint density at radius 1 is 1.20 bits per heavy atom. The smallest absolute Gasteiger partial charge is 0.258 e. The number of halogens is 2. The van der Waals surface area contributed by atoms with Crippen molar-refractivity contribution in [2.45, 2.75) is 0 Å². The SMILES string of the molecule is COc1ccc(N(C)C(=O)c2ccc(Cl)c(Br)c2)cc1. The summed E-state index contributed by atoms with van der Waals surface area (Å²) in [5.74, 6) is 0.649. The average molecular weight is 355 g/mol. The molecule has 0 aliphatic rings. The van der Waals surface area contributed by atoms with Gasteiger partial charge in [0.25, 0.3) is 5.91 Å². The Kier molecular flexibility index (Phi) is 4.68. The second kappa shape index (κ2) is 6.29. The number of carbonyl (C=O) groups is 1. The maximum Gasteiger partial charge on any atom is 0.258 e. The largest absolute Gasteiger partial charge is 0.497 e. The van der Waals surface area contributed by atoms with Crippen molar-refractivity contribution in [1.29, 1.82) is 0 Å². The van der Waals surface area contributed by atoms with Gasteiger partial charge in [-0.2, -0.15) is 0 Å². The quantitative estimate of drug-likeness (QED) is 0.818. The van der Waals surface area contributed by atoms with E-state index in [1.807, 2.05) is 24.3 Å². The molecule has 0 N–H and O–H groups in total. The van der Waals surface area contributed by atoms with Gasteiger partial charge in [0.2, 0.25) is 0 Å². The van der Waals surface area contributed by atoms with Crippen LogP contribution in [0.1, 0.15) is 10.4 Å². The number of nitrogens with zero attached hydrogens (tertiary/aromatic N) is 1. The molecule has 0 saturated heterocycles. The Labute approximate surface area is 131 Å². The summed E-state index contributed by atoms with van der Waals surface area (Å²) in [6, 6.07) is 12.4. The Morgan fingerprint density at radius 3 is 2.40 bits per heavy atom. The maximum absolute atomic E-state index is 12.4. The summed E-state index contributed by atoms with van der Waals surface area (Å²) in [5.41, 5.74) is 1.36. The van der Waals surface area contributed by atoms with Gasteiger partial charge in [-0.05, 0) is 58.4 Å². The van der Waals surface area contributed by atoms with E-state index in [0.717, 1.165) is 11.4 Å². The molecule has 3 nitrogen and oxygen atoms in total. The first-order chi connectivity index (χ1) is 9.52. The molecular formula is C15H13BrClNO2. The standard InChI is InChI=1S/C15H13BrClNO2/c1-18(11-4-6-12(20-2)7-5-11)15(19)10-3-8-14(17)13(16)9-10/h3-9H,1-2H3. The summed E-state index contributed by atoms with van der Waals surface area (Å²) >= 11 is 9.25. The Morgan fingerprint density at radius 2 is 1.85 bits per heavy atom. The molecular weight excluding hydrogens is 342 g/mol. The van der Waals surface area contributed by atoms with Crippen molar-refractivity contribution in [2.24, 2.45) is 0 Å². The van der Waals surface area contributed by atoms with Crippen LogP contribution < -0.4 is 9.64 Å². The Hall–Kier alpha value is -1.52. The Bertz CT molecular complexity index is 628. The van der Waals surface area contributed by atoms with Crippen LogP contribution in [0.2, 0.25) is 5.02 Å². The van der Waals surface area contributed by atoms with Gasteiger partial charge in [-0.25, -0.2) is 0 Å². The molecule has 0 aliphatic carbocycles. The zero-order valence-electron chi connectivity index (χ0n) is 11.1. The lowest BCUT2D eigenvalue weighted by Crippen LogP contribution is -2.26. The van der Waals surface area contributed by atoms with Crippen molar-refractivity contribution in [3.8, 4) is 5.75 Å². The van der Waals surface area contributed by atoms with E-state index < -0.39 is 0 Å². The van der Waals surface area contributed by atoms with Crippen molar-refractivity contribution >= 4 is 39.1 Å². The number of carbonyl (C=O) groups excluding carboxylic acids is 1. The zero-order chi connectivity index (χ0) is 14.7. The summed E-state index contributed by atoms with van der Waals surface area (Å²) in [4.78, 5) is 14.0. The molecule has 104 valence electrons. The van der Waals surface area contributed by atoms with Crippen molar-refractivity contribution in [3.63, 3.8) is 0 Å². The van der Waals surface area contributed by atoms with Gasteiger partial charge < -0.3 is 9.64 Å². The number of anilines is 1. The molecule has 2 rings (SSSR count). The minimum absolute atomic E-state index is 0.104. The van der Waals surface area contributed by atoms with Crippen molar-refractivity contribution < 1.29 is 9.53 Å². The van der Waals surface area contributed by atoms with Gasteiger partial charge in [-0.15, -0.1) is 0 Å². The number of ether oxygens (including phenoxy) is 1. The number of hydrogen-bond acceptors (Lipinski definition) is 2. The highest BCUT2D eigenvalue weighted by Gasteiger charge is 2.14. The van der Waals surface area contributed by atoms with Crippen LogP contribution in [0, 0.1) is 0 Å². The number of amides is 1. The first-order valence-electron chi connectivity index (χ1n) is 5.90. The summed E-state index contributed by atoms with van der Waals surface area (Å²) in [7, 11) is 3.34. The van der Waals surface area contributed by atoms with Crippen LogP contribution in [0.25, 0.3) is 0 Å². The molecule has 2 aromatic rings. The molecule has 20 heavy (non-hydrogen) atoms. The van der Waals surface area contributed by atoms with Crippen LogP contribution in [0.3, 0.4) is 0 Å². The van der Waals surface area contributed by atoms with Crippen LogP contribution in [-0.2, 0) is 0 Å². The molecule has 0 fully saturated rings. The first-order valence-corrected chi connectivity index (χ1v) is 7.07. The fourth-order valence-corrected chi connectivity index (χ4v) is 2.24. The van der Waals surface area contributed by atoms with Gasteiger partial charge >= 0.3 is 0 Å². The van der Waals surface area contributed by atoms with E-state index in [1.54, 1.807) is 37.3 Å². The molecule has 1 amide bonds. The van der Waals surface area contributed by atoms with Crippen molar-refractivity contribution in [1.82, 2.24) is 0 Å². The fourth-order valence-electron chi connectivity index (χ4n) is 1.75. The van der Waals surface area contributed by atoms with Crippen LogP contribution in [-0.4, -0.2) is 20.1 Å². The van der Waals surface area contributed by atoms with Crippen LogP contribution in [0.15, 0.2) is 46.9 Å². The zero-order valence-corrected chi connectivity index (χ0v) is 13.4. The topological polar surface area (TPSA) is 29.5 Å². The van der Waals surface area contributed by atoms with E-state index >= 15 is 0 Å². The lowest BCUT2D eigenvalue weighted by molar-refractivity contribution is 0.0993. The highest BCUT2D eigenvalue weighted by molar-refractivity contribution is 9.10. The Balaban J connectivity index is 2.24. The lowest BCUT2D eigenvalue weighted by atomic mass is 10.2. The van der Waals surface area contributed by atoms with E-state index in [-0.39, 0.29) is 5.91 Å². The van der Waals surface area contributed by atoms with Gasteiger partial charge in [0.05, 0.1) is 12.1 Å². The number of hydrogen-bond donors (Lipinski definition) is 0. The third kappa shape index (κ3) is 3.14. The third-order valence-electron chi connectivity index (χ3n) is 2.93. The predicted molar refractivity (Wildman–Crippen MR) is 84.9 cm³/mol. The monoisotopic (exact) mass is 353 g/mol. The summed E-state index contributed by atoms with van der Waals surface area (Å²) in [5, 5.41) is 0.577. The summed E-state index contributed by atoms with van der Waals surface area (Å²) in [6.07, 6.45) is 0. The van der Waals surface area contributed by atoms with E-state index in [0.29, 0.717) is 15.1 Å². The van der Waals surface area contributed by atoms with Crippen molar-refractivity contribution in [2.75, 3.05) is 19.1 Å². The predicted octanol–water partition coefficient (Wildman–Crippen LogP) is 4.39. The normalized spacial score (nSPS) is 10.2. The van der Waals surface area contributed by atoms with E-state index in [9.17, 15) is 4.79 Å². The van der Waals surface area contributed by atoms with Gasteiger partial charge in [0.15, 0.2) is 0 Å². The molecule has 5 heteroatoms. The van der Waals surface area contributed by atoms with Gasteiger partial charge in [-0.1, -0.05) is 11.6 Å². The van der Waals surface area contributed by atoms with Gasteiger partial charge in [0, 0.05) is 22.8 Å². The second-order valence-electron chi connectivity index (χ2n) is 4.19. The number of rotatable bonds is 3. The second-order valence-corrected chi connectivity index (χ2v) is 5.45. The molecule has 0 unspecified atom stereocenters. The van der Waals surface area contributed by atoms with Crippen LogP contribution >= 0.6 is 27.5 Å². The molecule has 0 atom stereocenters. The summed E-state index contributed by atoms with van der Waals surface area (Å²) in [6.45, 7) is 0. The molecule has 0 saturated carbocycles. The average Bonchev–Trinajstić information content (AvgIpc) is 2.48. The fraction of sp³-hybridized carbons (Fsp3) is 0.133. The molecule has 2 aromatic carbocycles. The molecule has 0 radical (unpaired) electrons. The van der Waals surface area contributed by atoms with Crippen molar-refractivity contribution in [3.05, 3.63) is 57.5 Å². The highest BCUT2D eigenvalue weighted by Crippen LogP contribution is 2.25. The van der Waals surface area contributed by atoms with E-state index in [4.69, 9.17) is 16.3 Å². The minimum atomic E-state index is -0.104. The first kappa shape index (κ1) is 14.9. The summed E-state index contributed by atoms with van der Waals surface area (Å²) < 4.78 is 5.80. The van der Waals surface area contributed by atoms with Gasteiger partial charge in [-0.3, -0.25) is 4.79 Å². The van der Waals surface area contributed by atoms with E-state index in [1.165, 1.54) is 0 Å². The molecule has 0 bridgehead atoms. The molecule has 0 aromatic heterocycles.